The third-order valence-corrected chi connectivity index (χ3v) is 2.69. The molecule has 5 nitrogen and oxygen atoms in total. The van der Waals surface area contributed by atoms with E-state index in [4.69, 9.17) is 15.0 Å². The van der Waals surface area contributed by atoms with Crippen LogP contribution < -0.4 is 0 Å². The quantitative estimate of drug-likeness (QED) is 0.825. The van der Waals surface area contributed by atoms with Gasteiger partial charge in [-0.25, -0.2) is 4.79 Å². The van der Waals surface area contributed by atoms with Crippen LogP contribution in [0.4, 0.5) is 13.2 Å². The lowest BCUT2D eigenvalue weighted by Gasteiger charge is -2.20. The Kier molecular flexibility index (Phi) is 7.43. The van der Waals surface area contributed by atoms with Crippen molar-refractivity contribution >= 4 is 11.9 Å². The minimum atomic E-state index is -5.08. The molecular formula is C11H18F3NO4. The van der Waals surface area contributed by atoms with Crippen molar-refractivity contribution in [1.29, 1.82) is 0 Å². The fourth-order valence-electron chi connectivity index (χ4n) is 1.73. The average Bonchev–Trinajstić information content (AvgIpc) is 2.74. The molecule has 0 aliphatic carbocycles. The van der Waals surface area contributed by atoms with Gasteiger partial charge < -0.3 is 10.2 Å². The van der Waals surface area contributed by atoms with Crippen LogP contribution in [-0.4, -0.2) is 52.4 Å². The predicted octanol–water partition coefficient (Wildman–Crippen LogP) is 1.97. The third-order valence-electron chi connectivity index (χ3n) is 2.69. The molecular weight excluding hydrogens is 267 g/mol. The van der Waals surface area contributed by atoms with Crippen molar-refractivity contribution in [2.45, 2.75) is 44.8 Å². The molecule has 1 heterocycles. The number of unbranched alkanes of at least 4 members (excludes halogenated alkanes) is 1. The van der Waals surface area contributed by atoms with Gasteiger partial charge in [0.1, 0.15) is 6.04 Å². The smallest absolute Gasteiger partial charge is 0.480 e. The van der Waals surface area contributed by atoms with Crippen molar-refractivity contribution in [2.75, 3.05) is 13.1 Å². The molecule has 0 saturated carbocycles. The van der Waals surface area contributed by atoms with Crippen LogP contribution in [0.5, 0.6) is 0 Å². The molecule has 0 aromatic heterocycles. The van der Waals surface area contributed by atoms with Crippen molar-refractivity contribution in [3.63, 3.8) is 0 Å². The standard InChI is InChI=1S/C9H17NO2.C2HF3O2/c1-2-3-6-10-7-4-5-8(10)9(11)12;3-2(4,5)1(6)7/h8H,2-7H2,1H3,(H,11,12);(H,6,7). The second kappa shape index (κ2) is 7.98. The minimum absolute atomic E-state index is 0.198. The van der Waals surface area contributed by atoms with Crippen LogP contribution in [0.25, 0.3) is 0 Å². The van der Waals surface area contributed by atoms with Gasteiger partial charge >= 0.3 is 18.1 Å². The number of aliphatic carboxylic acids is 2. The highest BCUT2D eigenvalue weighted by Gasteiger charge is 2.38. The number of hydrogen-bond acceptors (Lipinski definition) is 3. The van der Waals surface area contributed by atoms with Crippen LogP contribution in [-0.2, 0) is 9.59 Å². The summed E-state index contributed by atoms with van der Waals surface area (Å²) >= 11 is 0. The lowest BCUT2D eigenvalue weighted by molar-refractivity contribution is -0.192. The Morgan fingerprint density at radius 2 is 1.84 bits per heavy atom. The first-order valence-electron chi connectivity index (χ1n) is 5.97. The third kappa shape index (κ3) is 7.00. The van der Waals surface area contributed by atoms with Gasteiger partial charge in [-0.15, -0.1) is 0 Å². The maximum atomic E-state index is 10.7. The number of rotatable bonds is 4. The van der Waals surface area contributed by atoms with E-state index in [-0.39, 0.29) is 6.04 Å². The van der Waals surface area contributed by atoms with Gasteiger partial charge in [-0.2, -0.15) is 13.2 Å². The van der Waals surface area contributed by atoms with Crippen molar-refractivity contribution < 1.29 is 33.0 Å². The maximum absolute atomic E-state index is 10.7. The van der Waals surface area contributed by atoms with Gasteiger partial charge in [0, 0.05) is 0 Å². The molecule has 2 N–H and O–H groups in total. The van der Waals surface area contributed by atoms with Gasteiger partial charge in [-0.1, -0.05) is 13.3 Å². The monoisotopic (exact) mass is 285 g/mol. The predicted molar refractivity (Wildman–Crippen MR) is 60.8 cm³/mol. The highest BCUT2D eigenvalue weighted by atomic mass is 19.4. The number of alkyl halides is 3. The number of carboxylic acid groups (broad SMARTS) is 2. The van der Waals surface area contributed by atoms with E-state index in [1.54, 1.807) is 0 Å². The molecule has 1 unspecified atom stereocenters. The van der Waals surface area contributed by atoms with E-state index in [0.29, 0.717) is 0 Å². The van der Waals surface area contributed by atoms with Crippen LogP contribution in [0, 0.1) is 0 Å². The Bertz CT molecular complexity index is 307. The summed E-state index contributed by atoms with van der Waals surface area (Å²) in [4.78, 5) is 21.7. The van der Waals surface area contributed by atoms with Gasteiger partial charge in [0.15, 0.2) is 0 Å². The summed E-state index contributed by atoms with van der Waals surface area (Å²) in [6, 6.07) is -0.198. The number of carbonyl (C=O) groups is 2. The van der Waals surface area contributed by atoms with Gasteiger partial charge in [-0.05, 0) is 32.4 Å². The first-order valence-corrected chi connectivity index (χ1v) is 5.97. The molecule has 0 bridgehead atoms. The number of likely N-dealkylation sites (tertiary alicyclic amines) is 1. The second-order valence-electron chi connectivity index (χ2n) is 4.19. The van der Waals surface area contributed by atoms with E-state index < -0.39 is 18.1 Å². The largest absolute Gasteiger partial charge is 0.490 e. The van der Waals surface area contributed by atoms with Crippen LogP contribution in [0.1, 0.15) is 32.6 Å². The molecule has 1 rings (SSSR count). The highest BCUT2D eigenvalue weighted by molar-refractivity contribution is 5.73. The normalized spacial score (nSPS) is 19.7. The molecule has 0 amide bonds. The number of nitrogens with zero attached hydrogens (tertiary/aromatic N) is 1. The van der Waals surface area contributed by atoms with E-state index in [1.165, 1.54) is 0 Å². The molecule has 0 spiro atoms. The summed E-state index contributed by atoms with van der Waals surface area (Å²) in [6.07, 6.45) is -0.952. The van der Waals surface area contributed by atoms with Crippen LogP contribution in [0.3, 0.4) is 0 Å². The fraction of sp³-hybridized carbons (Fsp3) is 0.818. The molecule has 112 valence electrons. The van der Waals surface area contributed by atoms with Gasteiger partial charge in [-0.3, -0.25) is 9.69 Å². The molecule has 1 fully saturated rings. The summed E-state index contributed by atoms with van der Waals surface area (Å²) in [6.45, 7) is 4.05. The number of hydrogen-bond donors (Lipinski definition) is 2. The Morgan fingerprint density at radius 1 is 1.32 bits per heavy atom. The Morgan fingerprint density at radius 3 is 2.21 bits per heavy atom. The molecule has 8 heteroatoms. The van der Waals surface area contributed by atoms with Crippen LogP contribution >= 0.6 is 0 Å². The van der Waals surface area contributed by atoms with Crippen LogP contribution in [0.15, 0.2) is 0 Å². The van der Waals surface area contributed by atoms with Gasteiger partial charge in [0.2, 0.25) is 0 Å². The van der Waals surface area contributed by atoms with Crippen molar-refractivity contribution in [2.24, 2.45) is 0 Å². The zero-order valence-electron chi connectivity index (χ0n) is 10.6. The Labute approximate surface area is 109 Å². The van der Waals surface area contributed by atoms with E-state index in [2.05, 4.69) is 11.8 Å². The fourth-order valence-corrected chi connectivity index (χ4v) is 1.73. The van der Waals surface area contributed by atoms with Gasteiger partial charge in [0.25, 0.3) is 0 Å². The zero-order valence-corrected chi connectivity index (χ0v) is 10.6. The summed E-state index contributed by atoms with van der Waals surface area (Å²) in [7, 11) is 0. The molecule has 1 aliphatic heterocycles. The van der Waals surface area contributed by atoms with Crippen LogP contribution in [0.2, 0.25) is 0 Å². The minimum Gasteiger partial charge on any atom is -0.480 e. The lowest BCUT2D eigenvalue weighted by atomic mass is 10.2. The maximum Gasteiger partial charge on any atom is 0.490 e. The second-order valence-corrected chi connectivity index (χ2v) is 4.19. The SMILES string of the molecule is CCCCN1CCCC1C(=O)O.O=C(O)C(F)(F)F. The summed E-state index contributed by atoms with van der Waals surface area (Å²) in [5.41, 5.74) is 0. The number of halogens is 3. The molecule has 0 aromatic rings. The summed E-state index contributed by atoms with van der Waals surface area (Å²) < 4.78 is 31.7. The molecule has 1 saturated heterocycles. The molecule has 1 atom stereocenters. The van der Waals surface area contributed by atoms with E-state index in [0.717, 1.165) is 38.8 Å². The zero-order chi connectivity index (χ0) is 15.1. The molecule has 19 heavy (non-hydrogen) atoms. The van der Waals surface area contributed by atoms with Crippen molar-refractivity contribution in [1.82, 2.24) is 4.90 Å². The van der Waals surface area contributed by atoms with E-state index in [1.807, 2.05) is 0 Å². The Hall–Kier alpha value is -1.31. The average molecular weight is 285 g/mol. The number of carboxylic acids is 2. The first-order chi connectivity index (χ1) is 8.70. The molecule has 0 radical (unpaired) electrons. The lowest BCUT2D eigenvalue weighted by Crippen LogP contribution is -2.36. The first kappa shape index (κ1) is 17.7. The van der Waals surface area contributed by atoms with Gasteiger partial charge in [0.05, 0.1) is 0 Å². The van der Waals surface area contributed by atoms with E-state index in [9.17, 15) is 18.0 Å². The topological polar surface area (TPSA) is 77.8 Å². The van der Waals surface area contributed by atoms with E-state index >= 15 is 0 Å². The summed E-state index contributed by atoms with van der Waals surface area (Å²) in [5.74, 6) is -3.41. The Balaban J connectivity index is 0.000000399. The molecule has 1 aliphatic rings. The van der Waals surface area contributed by atoms with Crippen molar-refractivity contribution in [3.8, 4) is 0 Å². The highest BCUT2D eigenvalue weighted by Crippen LogP contribution is 2.17. The molecule has 0 aromatic carbocycles. The van der Waals surface area contributed by atoms with Crippen molar-refractivity contribution in [3.05, 3.63) is 0 Å². The summed E-state index contributed by atoms with van der Waals surface area (Å²) in [5, 5.41) is 16.0.